The SMILES string of the molecule is C[C@@H](Oc1cccc([N+](=O)[O-])c1)C(=O)NCc1ccc2c(c1)OCO2. The minimum Gasteiger partial charge on any atom is -0.481 e. The Balaban J connectivity index is 1.56. The van der Waals surface area contributed by atoms with Crippen LogP contribution in [0.15, 0.2) is 42.5 Å². The lowest BCUT2D eigenvalue weighted by molar-refractivity contribution is -0.384. The van der Waals surface area contributed by atoms with Gasteiger partial charge in [0.15, 0.2) is 17.6 Å². The van der Waals surface area contributed by atoms with Crippen LogP contribution in [-0.4, -0.2) is 23.7 Å². The Morgan fingerprint density at radius 2 is 2.08 bits per heavy atom. The van der Waals surface area contributed by atoms with Gasteiger partial charge in [0.1, 0.15) is 5.75 Å². The number of ether oxygens (including phenoxy) is 3. The third-order valence-corrected chi connectivity index (χ3v) is 3.61. The summed E-state index contributed by atoms with van der Waals surface area (Å²) in [6.45, 7) is 2.07. The third-order valence-electron chi connectivity index (χ3n) is 3.61. The maximum Gasteiger partial charge on any atom is 0.273 e. The van der Waals surface area contributed by atoms with Crippen molar-refractivity contribution in [2.24, 2.45) is 0 Å². The topological polar surface area (TPSA) is 99.9 Å². The molecule has 0 fully saturated rings. The van der Waals surface area contributed by atoms with Crippen molar-refractivity contribution in [3.63, 3.8) is 0 Å². The molecule has 0 aliphatic carbocycles. The van der Waals surface area contributed by atoms with Crippen LogP contribution in [0.2, 0.25) is 0 Å². The van der Waals surface area contributed by atoms with Gasteiger partial charge in [-0.2, -0.15) is 0 Å². The van der Waals surface area contributed by atoms with E-state index in [1.165, 1.54) is 18.2 Å². The van der Waals surface area contributed by atoms with E-state index in [0.29, 0.717) is 18.0 Å². The van der Waals surface area contributed by atoms with Gasteiger partial charge in [0, 0.05) is 12.6 Å². The van der Waals surface area contributed by atoms with Crippen LogP contribution in [0.3, 0.4) is 0 Å². The molecule has 1 aliphatic heterocycles. The van der Waals surface area contributed by atoms with E-state index < -0.39 is 11.0 Å². The van der Waals surface area contributed by atoms with E-state index in [0.717, 1.165) is 5.56 Å². The largest absolute Gasteiger partial charge is 0.481 e. The standard InChI is InChI=1S/C17H16N2O6/c1-11(25-14-4-2-3-13(8-14)19(21)22)17(20)18-9-12-5-6-15-16(7-12)24-10-23-15/h2-8,11H,9-10H2,1H3,(H,18,20)/t11-/m1/s1. The number of nitrogens with zero attached hydrogens (tertiary/aromatic N) is 1. The first-order valence-corrected chi connectivity index (χ1v) is 7.60. The van der Waals surface area contributed by atoms with Crippen molar-refractivity contribution < 1.29 is 23.9 Å². The van der Waals surface area contributed by atoms with E-state index >= 15 is 0 Å². The van der Waals surface area contributed by atoms with Crippen molar-refractivity contribution in [1.82, 2.24) is 5.32 Å². The highest BCUT2D eigenvalue weighted by Crippen LogP contribution is 2.32. The third kappa shape index (κ3) is 3.97. The van der Waals surface area contributed by atoms with Gasteiger partial charge < -0.3 is 19.5 Å². The molecule has 0 saturated carbocycles. The average molecular weight is 344 g/mol. The zero-order valence-electron chi connectivity index (χ0n) is 13.4. The van der Waals surface area contributed by atoms with Crippen LogP contribution >= 0.6 is 0 Å². The molecule has 1 amide bonds. The molecule has 130 valence electrons. The van der Waals surface area contributed by atoms with Gasteiger partial charge in [0.05, 0.1) is 11.0 Å². The summed E-state index contributed by atoms with van der Waals surface area (Å²) in [5, 5.41) is 13.5. The molecule has 0 spiro atoms. The van der Waals surface area contributed by atoms with Gasteiger partial charge in [-0.05, 0) is 30.7 Å². The van der Waals surface area contributed by atoms with E-state index in [2.05, 4.69) is 5.32 Å². The maximum atomic E-state index is 12.1. The summed E-state index contributed by atoms with van der Waals surface area (Å²) in [6, 6.07) is 11.1. The number of hydrogen-bond acceptors (Lipinski definition) is 6. The van der Waals surface area contributed by atoms with Gasteiger partial charge in [-0.3, -0.25) is 14.9 Å². The van der Waals surface area contributed by atoms with E-state index in [-0.39, 0.29) is 24.1 Å². The van der Waals surface area contributed by atoms with E-state index in [1.807, 2.05) is 6.07 Å². The molecule has 0 saturated heterocycles. The normalized spacial score (nSPS) is 13.2. The lowest BCUT2D eigenvalue weighted by atomic mass is 10.2. The number of fused-ring (bicyclic) bond motifs is 1. The minimum atomic E-state index is -0.795. The Morgan fingerprint density at radius 3 is 2.88 bits per heavy atom. The Labute approximate surface area is 143 Å². The molecular weight excluding hydrogens is 328 g/mol. The van der Waals surface area contributed by atoms with Crippen LogP contribution < -0.4 is 19.5 Å². The molecule has 0 unspecified atom stereocenters. The van der Waals surface area contributed by atoms with Crippen LogP contribution in [0.25, 0.3) is 0 Å². The molecule has 1 atom stereocenters. The van der Waals surface area contributed by atoms with Gasteiger partial charge >= 0.3 is 0 Å². The fraction of sp³-hybridized carbons (Fsp3) is 0.235. The van der Waals surface area contributed by atoms with Crippen LogP contribution in [0.4, 0.5) is 5.69 Å². The van der Waals surface area contributed by atoms with Crippen molar-refractivity contribution in [2.45, 2.75) is 19.6 Å². The predicted octanol–water partition coefficient (Wildman–Crippen LogP) is 2.41. The quantitative estimate of drug-likeness (QED) is 0.638. The molecule has 0 radical (unpaired) electrons. The molecule has 2 aromatic carbocycles. The maximum absolute atomic E-state index is 12.1. The number of amides is 1. The lowest BCUT2D eigenvalue weighted by Crippen LogP contribution is -2.35. The summed E-state index contributed by atoms with van der Waals surface area (Å²) in [4.78, 5) is 22.4. The Morgan fingerprint density at radius 1 is 1.28 bits per heavy atom. The fourth-order valence-corrected chi connectivity index (χ4v) is 2.31. The number of non-ortho nitro benzene ring substituents is 1. The van der Waals surface area contributed by atoms with Gasteiger partial charge in [-0.25, -0.2) is 0 Å². The number of hydrogen-bond donors (Lipinski definition) is 1. The zero-order chi connectivity index (χ0) is 17.8. The Kier molecular flexibility index (Phi) is 4.69. The van der Waals surface area contributed by atoms with Crippen molar-refractivity contribution in [3.05, 3.63) is 58.1 Å². The van der Waals surface area contributed by atoms with Gasteiger partial charge in [-0.1, -0.05) is 12.1 Å². The minimum absolute atomic E-state index is 0.0922. The molecule has 8 heteroatoms. The monoisotopic (exact) mass is 344 g/mol. The second-order valence-electron chi connectivity index (χ2n) is 5.42. The summed E-state index contributed by atoms with van der Waals surface area (Å²) < 4.78 is 16.0. The Hall–Kier alpha value is -3.29. The predicted molar refractivity (Wildman–Crippen MR) is 87.6 cm³/mol. The highest BCUT2D eigenvalue weighted by Gasteiger charge is 2.17. The van der Waals surface area contributed by atoms with Crippen molar-refractivity contribution in [2.75, 3.05) is 6.79 Å². The molecule has 0 aromatic heterocycles. The van der Waals surface area contributed by atoms with E-state index in [4.69, 9.17) is 14.2 Å². The van der Waals surface area contributed by atoms with E-state index in [1.54, 1.807) is 25.1 Å². The van der Waals surface area contributed by atoms with Crippen molar-refractivity contribution in [3.8, 4) is 17.2 Å². The lowest BCUT2D eigenvalue weighted by Gasteiger charge is -2.14. The fourth-order valence-electron chi connectivity index (χ4n) is 2.31. The summed E-state index contributed by atoms with van der Waals surface area (Å²) in [5.41, 5.74) is 0.769. The molecule has 1 aliphatic rings. The summed E-state index contributed by atoms with van der Waals surface area (Å²) in [7, 11) is 0. The number of benzene rings is 2. The first kappa shape index (κ1) is 16.6. The van der Waals surface area contributed by atoms with Crippen LogP contribution in [0, 0.1) is 10.1 Å². The van der Waals surface area contributed by atoms with Gasteiger partial charge in [0.2, 0.25) is 6.79 Å². The van der Waals surface area contributed by atoms with Crippen LogP contribution in [0.5, 0.6) is 17.2 Å². The number of carbonyl (C=O) groups excluding carboxylic acids is 1. The molecule has 1 heterocycles. The average Bonchev–Trinajstić information content (AvgIpc) is 3.07. The highest BCUT2D eigenvalue weighted by atomic mass is 16.7. The zero-order valence-corrected chi connectivity index (χ0v) is 13.4. The van der Waals surface area contributed by atoms with E-state index in [9.17, 15) is 14.9 Å². The number of nitro benzene ring substituents is 1. The molecule has 2 aromatic rings. The second-order valence-corrected chi connectivity index (χ2v) is 5.42. The molecule has 25 heavy (non-hydrogen) atoms. The van der Waals surface area contributed by atoms with Crippen LogP contribution in [0.1, 0.15) is 12.5 Å². The van der Waals surface area contributed by atoms with Gasteiger partial charge in [0.25, 0.3) is 11.6 Å². The molecule has 3 rings (SSSR count). The highest BCUT2D eigenvalue weighted by molar-refractivity contribution is 5.80. The first-order valence-electron chi connectivity index (χ1n) is 7.60. The summed E-state index contributed by atoms with van der Waals surface area (Å²) in [6.07, 6.45) is -0.795. The number of carbonyl (C=O) groups is 1. The molecule has 8 nitrogen and oxygen atoms in total. The summed E-state index contributed by atoms with van der Waals surface area (Å²) >= 11 is 0. The van der Waals surface area contributed by atoms with Crippen molar-refractivity contribution >= 4 is 11.6 Å². The Bertz CT molecular complexity index is 807. The summed E-state index contributed by atoms with van der Waals surface area (Å²) in [5.74, 6) is 1.26. The smallest absolute Gasteiger partial charge is 0.273 e. The molecule has 0 bridgehead atoms. The first-order chi connectivity index (χ1) is 12.0. The number of nitro groups is 1. The molecule has 1 N–H and O–H groups in total. The molecular formula is C17H16N2O6. The van der Waals surface area contributed by atoms with Crippen LogP contribution in [-0.2, 0) is 11.3 Å². The second kappa shape index (κ2) is 7.08. The number of rotatable bonds is 6. The van der Waals surface area contributed by atoms with Gasteiger partial charge in [-0.15, -0.1) is 0 Å². The number of nitrogens with one attached hydrogen (secondary N) is 1. The van der Waals surface area contributed by atoms with Crippen molar-refractivity contribution in [1.29, 1.82) is 0 Å².